The maximum Gasteiger partial charge on any atom is 0.255 e. The van der Waals surface area contributed by atoms with Gasteiger partial charge in [-0.25, -0.2) is 9.97 Å². The average Bonchev–Trinajstić information content (AvgIpc) is 3.03. The summed E-state index contributed by atoms with van der Waals surface area (Å²) in [6.45, 7) is 6.85. The maximum absolute atomic E-state index is 14.4. The van der Waals surface area contributed by atoms with Crippen LogP contribution in [0.25, 0.3) is 10.9 Å². The van der Waals surface area contributed by atoms with E-state index in [1.807, 2.05) is 76.5 Å². The number of benzene rings is 2. The fraction of sp³-hybridized carbons (Fsp3) is 0.333. The molecule has 0 unspecified atom stereocenters. The van der Waals surface area contributed by atoms with Crippen molar-refractivity contribution in [2.45, 2.75) is 33.2 Å². The highest BCUT2D eigenvalue weighted by Gasteiger charge is 2.26. The highest BCUT2D eigenvalue weighted by atomic mass is 16.5. The van der Waals surface area contributed by atoms with E-state index in [-0.39, 0.29) is 17.7 Å². The van der Waals surface area contributed by atoms with Crippen molar-refractivity contribution in [2.24, 2.45) is 5.92 Å². The SMILES string of the molecule is COc1cc(C(=O)N2CCN(c3ccccn3)CCCN(C(=O)CC(C)C)c3ccccc3C2)c2ccccc2n1. The minimum Gasteiger partial charge on any atom is -0.481 e. The quantitative estimate of drug-likeness (QED) is 0.323. The number of aromatic nitrogens is 2. The van der Waals surface area contributed by atoms with Crippen molar-refractivity contribution >= 4 is 34.2 Å². The van der Waals surface area contributed by atoms with Crippen LogP contribution in [0.4, 0.5) is 11.5 Å². The van der Waals surface area contributed by atoms with Gasteiger partial charge in [0.25, 0.3) is 5.91 Å². The topological polar surface area (TPSA) is 78.9 Å². The van der Waals surface area contributed by atoms with E-state index in [0.717, 1.165) is 28.9 Å². The van der Waals surface area contributed by atoms with Gasteiger partial charge in [0.05, 0.1) is 18.2 Å². The lowest BCUT2D eigenvalue weighted by Crippen LogP contribution is -2.39. The fourth-order valence-corrected chi connectivity index (χ4v) is 5.35. The number of carbonyl (C=O) groups is 2. The predicted octanol–water partition coefficient (Wildman–Crippen LogP) is 5.57. The summed E-state index contributed by atoms with van der Waals surface area (Å²) in [6, 6.07) is 23.1. The van der Waals surface area contributed by atoms with E-state index >= 15 is 0 Å². The van der Waals surface area contributed by atoms with Gasteiger partial charge in [-0.3, -0.25) is 9.59 Å². The van der Waals surface area contributed by atoms with Gasteiger partial charge in [-0.15, -0.1) is 0 Å². The Morgan fingerprint density at radius 1 is 0.927 bits per heavy atom. The first-order chi connectivity index (χ1) is 19.9. The zero-order valence-electron chi connectivity index (χ0n) is 24.0. The lowest BCUT2D eigenvalue weighted by molar-refractivity contribution is -0.119. The first-order valence-corrected chi connectivity index (χ1v) is 14.2. The smallest absolute Gasteiger partial charge is 0.255 e. The van der Waals surface area contributed by atoms with Crippen LogP contribution in [-0.4, -0.2) is 60.0 Å². The summed E-state index contributed by atoms with van der Waals surface area (Å²) in [4.78, 5) is 43.0. The predicted molar refractivity (Wildman–Crippen MR) is 162 cm³/mol. The van der Waals surface area contributed by atoms with Gasteiger partial charge in [-0.1, -0.05) is 56.3 Å². The zero-order chi connectivity index (χ0) is 28.8. The van der Waals surface area contributed by atoms with Gasteiger partial charge in [-0.05, 0) is 42.2 Å². The number of pyridine rings is 2. The molecule has 5 rings (SSSR count). The molecule has 3 heterocycles. The maximum atomic E-state index is 14.4. The number of carbonyl (C=O) groups excluding carboxylic acids is 2. The van der Waals surface area contributed by atoms with Crippen molar-refractivity contribution in [1.29, 1.82) is 0 Å². The number of methoxy groups -OCH3 is 1. The molecule has 8 nitrogen and oxygen atoms in total. The summed E-state index contributed by atoms with van der Waals surface area (Å²) < 4.78 is 5.46. The van der Waals surface area contributed by atoms with Crippen LogP contribution < -0.4 is 14.5 Å². The lowest BCUT2D eigenvalue weighted by Gasteiger charge is -2.29. The summed E-state index contributed by atoms with van der Waals surface area (Å²) in [5, 5.41) is 0.774. The lowest BCUT2D eigenvalue weighted by atomic mass is 10.1. The number of hydrogen-bond acceptors (Lipinski definition) is 6. The van der Waals surface area contributed by atoms with Crippen molar-refractivity contribution < 1.29 is 14.3 Å². The van der Waals surface area contributed by atoms with E-state index < -0.39 is 0 Å². The number of nitrogens with zero attached hydrogens (tertiary/aromatic N) is 5. The molecule has 2 aromatic carbocycles. The third-order valence-corrected chi connectivity index (χ3v) is 7.37. The largest absolute Gasteiger partial charge is 0.481 e. The van der Waals surface area contributed by atoms with Gasteiger partial charge in [0, 0.05) is 62.5 Å². The highest BCUT2D eigenvalue weighted by Crippen LogP contribution is 2.28. The van der Waals surface area contributed by atoms with Gasteiger partial charge < -0.3 is 19.4 Å². The normalized spacial score (nSPS) is 14.5. The number of fused-ring (bicyclic) bond motifs is 2. The van der Waals surface area contributed by atoms with Crippen molar-refractivity contribution in [3.63, 3.8) is 0 Å². The molecule has 0 radical (unpaired) electrons. The molecule has 1 aliphatic heterocycles. The summed E-state index contributed by atoms with van der Waals surface area (Å²) in [5.41, 5.74) is 3.04. The van der Waals surface area contributed by atoms with Crippen LogP contribution in [0.5, 0.6) is 5.88 Å². The molecule has 8 heteroatoms. The second-order valence-electron chi connectivity index (χ2n) is 10.8. The molecular weight excluding hydrogens is 514 g/mol. The number of hydrogen-bond donors (Lipinski definition) is 0. The molecule has 212 valence electrons. The van der Waals surface area contributed by atoms with Crippen molar-refractivity contribution in [3.8, 4) is 5.88 Å². The third-order valence-electron chi connectivity index (χ3n) is 7.37. The van der Waals surface area contributed by atoms with E-state index in [4.69, 9.17) is 4.74 Å². The van der Waals surface area contributed by atoms with Gasteiger partial charge in [-0.2, -0.15) is 0 Å². The Labute approximate surface area is 241 Å². The van der Waals surface area contributed by atoms with Gasteiger partial charge >= 0.3 is 0 Å². The van der Waals surface area contributed by atoms with E-state index in [9.17, 15) is 9.59 Å². The Hall–Kier alpha value is -4.46. The molecule has 2 aromatic heterocycles. The molecule has 1 aliphatic rings. The fourth-order valence-electron chi connectivity index (χ4n) is 5.35. The first-order valence-electron chi connectivity index (χ1n) is 14.2. The van der Waals surface area contributed by atoms with Crippen LogP contribution in [-0.2, 0) is 11.3 Å². The molecular formula is C33H37N5O3. The second-order valence-corrected chi connectivity index (χ2v) is 10.8. The van der Waals surface area contributed by atoms with Crippen molar-refractivity contribution in [3.05, 3.63) is 90.1 Å². The Morgan fingerprint density at radius 3 is 2.49 bits per heavy atom. The second kappa shape index (κ2) is 12.8. The molecule has 4 aromatic rings. The van der Waals surface area contributed by atoms with Crippen LogP contribution in [0.3, 0.4) is 0 Å². The van der Waals surface area contributed by atoms with Crippen LogP contribution in [0.2, 0.25) is 0 Å². The average molecular weight is 552 g/mol. The number of rotatable bonds is 5. The summed E-state index contributed by atoms with van der Waals surface area (Å²) >= 11 is 0. The van der Waals surface area contributed by atoms with E-state index in [0.29, 0.717) is 56.1 Å². The minimum atomic E-state index is -0.114. The van der Waals surface area contributed by atoms with Crippen LogP contribution in [0, 0.1) is 5.92 Å². The Morgan fingerprint density at radius 2 is 1.71 bits per heavy atom. The number of ether oxygens (including phenoxy) is 1. The van der Waals surface area contributed by atoms with Crippen molar-refractivity contribution in [1.82, 2.24) is 14.9 Å². The van der Waals surface area contributed by atoms with Gasteiger partial charge in [0.2, 0.25) is 11.8 Å². The van der Waals surface area contributed by atoms with Crippen molar-refractivity contribution in [2.75, 3.05) is 43.1 Å². The number of amides is 2. The van der Waals surface area contributed by atoms with Crippen LogP contribution in [0.15, 0.2) is 79.0 Å². The monoisotopic (exact) mass is 551 g/mol. The highest BCUT2D eigenvalue weighted by molar-refractivity contribution is 6.06. The minimum absolute atomic E-state index is 0.0961. The summed E-state index contributed by atoms with van der Waals surface area (Å²) in [5.74, 6) is 1.47. The summed E-state index contributed by atoms with van der Waals surface area (Å²) in [6.07, 6.45) is 3.02. The Kier molecular flexibility index (Phi) is 8.77. The number of anilines is 2. The third kappa shape index (κ3) is 6.48. The van der Waals surface area contributed by atoms with Crippen LogP contribution >= 0.6 is 0 Å². The van der Waals surface area contributed by atoms with Gasteiger partial charge in [0.1, 0.15) is 5.82 Å². The molecule has 0 fully saturated rings. The standard InChI is InChI=1S/C33H37N5O3/c1-24(2)21-32(39)38-18-10-17-36(30-15-8-9-16-34-30)19-20-37(23-25-11-4-7-14-29(25)38)33(40)27-22-31(41-3)35-28-13-6-5-12-26(27)28/h4-9,11-16,22,24H,10,17-21,23H2,1-3H3. The Balaban J connectivity index is 1.58. The molecule has 0 saturated carbocycles. The molecule has 2 amide bonds. The molecule has 41 heavy (non-hydrogen) atoms. The van der Waals surface area contributed by atoms with Gasteiger partial charge in [0.15, 0.2) is 0 Å². The molecule has 0 saturated heterocycles. The molecule has 0 N–H and O–H groups in total. The molecule has 0 bridgehead atoms. The number of para-hydroxylation sites is 2. The first kappa shape index (κ1) is 28.1. The van der Waals surface area contributed by atoms with E-state index in [2.05, 4.69) is 28.7 Å². The molecule has 0 spiro atoms. The molecule has 0 atom stereocenters. The Bertz CT molecular complexity index is 1510. The molecule has 0 aliphatic carbocycles. The van der Waals surface area contributed by atoms with E-state index in [1.165, 1.54) is 0 Å². The van der Waals surface area contributed by atoms with E-state index in [1.54, 1.807) is 19.4 Å². The summed E-state index contributed by atoms with van der Waals surface area (Å²) in [7, 11) is 1.56. The van der Waals surface area contributed by atoms with Crippen LogP contribution in [0.1, 0.15) is 42.6 Å². The zero-order valence-corrected chi connectivity index (χ0v) is 24.0.